The molecule has 19 heavy (non-hydrogen) atoms. The van der Waals surface area contributed by atoms with E-state index in [1.165, 1.54) is 18.4 Å². The fraction of sp³-hybridized carbons (Fsp3) is 0.286. The van der Waals surface area contributed by atoms with Crippen molar-refractivity contribution in [3.8, 4) is 6.07 Å². The fourth-order valence-electron chi connectivity index (χ4n) is 2.26. The zero-order valence-electron chi connectivity index (χ0n) is 11.0. The second-order valence-corrected chi connectivity index (χ2v) is 5.23. The zero-order chi connectivity index (χ0) is 14.0. The van der Waals surface area contributed by atoms with Crippen LogP contribution in [0.5, 0.6) is 0 Å². The molecule has 0 bridgehead atoms. The summed E-state index contributed by atoms with van der Waals surface area (Å²) in [7, 11) is 1.35. The molecule has 0 radical (unpaired) electrons. The van der Waals surface area contributed by atoms with Crippen LogP contribution in [-0.4, -0.2) is 13.1 Å². The minimum absolute atomic E-state index is 0.335. The van der Waals surface area contributed by atoms with Crippen molar-refractivity contribution in [3.05, 3.63) is 44.9 Å². The van der Waals surface area contributed by atoms with E-state index < -0.39 is 5.97 Å². The quantitative estimate of drug-likeness (QED) is 0.842. The molecule has 0 aromatic carbocycles. The first-order valence-corrected chi connectivity index (χ1v) is 6.68. The highest BCUT2D eigenvalue weighted by Crippen LogP contribution is 2.39. The number of methoxy groups -OCH3 is 1. The predicted molar refractivity (Wildman–Crippen MR) is 73.2 cm³/mol. The number of carbonyl (C=O) groups is 1. The number of esters is 1. The Bertz CT molecular complexity index is 606. The predicted octanol–water partition coefficient (Wildman–Crippen LogP) is 2.68. The number of nitrogens with one attached hydrogen (secondary N) is 1. The molecule has 1 aliphatic rings. The van der Waals surface area contributed by atoms with Crippen LogP contribution in [0.25, 0.3) is 0 Å². The molecule has 98 valence electrons. The molecule has 4 nitrogen and oxygen atoms in total. The zero-order valence-corrected chi connectivity index (χ0v) is 11.8. The van der Waals surface area contributed by atoms with Gasteiger partial charge in [-0.15, -0.1) is 11.3 Å². The van der Waals surface area contributed by atoms with Crippen molar-refractivity contribution in [1.82, 2.24) is 5.32 Å². The Kier molecular flexibility index (Phi) is 3.72. The van der Waals surface area contributed by atoms with Crippen molar-refractivity contribution < 1.29 is 9.53 Å². The van der Waals surface area contributed by atoms with Crippen LogP contribution < -0.4 is 5.32 Å². The number of carbonyl (C=O) groups excluding carboxylic acids is 1. The van der Waals surface area contributed by atoms with Gasteiger partial charge in [0.05, 0.1) is 30.2 Å². The second-order valence-electron chi connectivity index (χ2n) is 4.25. The number of nitrogens with zero attached hydrogens (tertiary/aromatic N) is 1. The summed E-state index contributed by atoms with van der Waals surface area (Å²) in [4.78, 5) is 13.0. The smallest absolute Gasteiger partial charge is 0.336 e. The molecule has 2 rings (SSSR count). The third-order valence-electron chi connectivity index (χ3n) is 3.11. The van der Waals surface area contributed by atoms with E-state index in [0.717, 1.165) is 16.3 Å². The summed E-state index contributed by atoms with van der Waals surface area (Å²) in [5, 5.41) is 14.4. The molecule has 1 N–H and O–H groups in total. The second kappa shape index (κ2) is 5.29. The highest BCUT2D eigenvalue weighted by Gasteiger charge is 2.34. The number of hydrogen-bond donors (Lipinski definition) is 1. The lowest BCUT2D eigenvalue weighted by molar-refractivity contribution is -0.136. The molecular formula is C14H14N2O2S. The third kappa shape index (κ3) is 2.27. The molecule has 2 heterocycles. The van der Waals surface area contributed by atoms with Crippen LogP contribution in [0.3, 0.4) is 0 Å². The summed E-state index contributed by atoms with van der Waals surface area (Å²) >= 11 is 1.53. The van der Waals surface area contributed by atoms with E-state index in [9.17, 15) is 10.1 Å². The molecule has 0 saturated carbocycles. The summed E-state index contributed by atoms with van der Waals surface area (Å²) in [6.07, 6.45) is 0. The number of allylic oxidation sites excluding steroid dienone is 3. The average Bonchev–Trinajstić information content (AvgIpc) is 2.90. The fourth-order valence-corrected chi connectivity index (χ4v) is 3.11. The lowest BCUT2D eigenvalue weighted by atomic mass is 9.85. The van der Waals surface area contributed by atoms with Gasteiger partial charge in [0, 0.05) is 16.3 Å². The van der Waals surface area contributed by atoms with Crippen molar-refractivity contribution in [1.29, 1.82) is 5.26 Å². The van der Waals surface area contributed by atoms with Gasteiger partial charge in [-0.1, -0.05) is 6.07 Å². The van der Waals surface area contributed by atoms with Crippen LogP contribution in [0.1, 0.15) is 24.6 Å². The van der Waals surface area contributed by atoms with E-state index in [1.807, 2.05) is 31.4 Å². The minimum Gasteiger partial charge on any atom is -0.466 e. The van der Waals surface area contributed by atoms with Gasteiger partial charge in [0.15, 0.2) is 0 Å². The Labute approximate surface area is 116 Å². The summed E-state index contributed by atoms with van der Waals surface area (Å²) < 4.78 is 4.85. The Hall–Kier alpha value is -2.06. The first-order chi connectivity index (χ1) is 9.10. The minimum atomic E-state index is -0.399. The number of thiophene rings is 1. The molecular weight excluding hydrogens is 260 g/mol. The van der Waals surface area contributed by atoms with Gasteiger partial charge in [-0.05, 0) is 25.3 Å². The van der Waals surface area contributed by atoms with Gasteiger partial charge in [-0.25, -0.2) is 4.79 Å². The maximum atomic E-state index is 12.0. The number of ether oxygens (including phenoxy) is 1. The van der Waals surface area contributed by atoms with Crippen LogP contribution in [0.15, 0.2) is 40.1 Å². The Morgan fingerprint density at radius 1 is 1.47 bits per heavy atom. The van der Waals surface area contributed by atoms with E-state index in [4.69, 9.17) is 4.74 Å². The van der Waals surface area contributed by atoms with Gasteiger partial charge >= 0.3 is 5.97 Å². The largest absolute Gasteiger partial charge is 0.466 e. The van der Waals surface area contributed by atoms with E-state index in [-0.39, 0.29) is 5.92 Å². The number of rotatable bonds is 2. The highest BCUT2D eigenvalue weighted by molar-refractivity contribution is 7.10. The van der Waals surface area contributed by atoms with Crippen molar-refractivity contribution in [2.24, 2.45) is 0 Å². The molecule has 1 atom stereocenters. The Balaban J connectivity index is 2.61. The van der Waals surface area contributed by atoms with Gasteiger partial charge < -0.3 is 10.1 Å². The van der Waals surface area contributed by atoms with Crippen LogP contribution >= 0.6 is 11.3 Å². The normalized spacial score (nSPS) is 18.9. The Morgan fingerprint density at radius 3 is 2.74 bits per heavy atom. The lowest BCUT2D eigenvalue weighted by Gasteiger charge is -2.27. The van der Waals surface area contributed by atoms with Crippen LogP contribution in [0.2, 0.25) is 0 Å². The van der Waals surface area contributed by atoms with Crippen molar-refractivity contribution in [2.75, 3.05) is 7.11 Å². The van der Waals surface area contributed by atoms with Crippen molar-refractivity contribution in [3.63, 3.8) is 0 Å². The van der Waals surface area contributed by atoms with Gasteiger partial charge in [0.25, 0.3) is 0 Å². The van der Waals surface area contributed by atoms with Crippen molar-refractivity contribution >= 4 is 17.3 Å². The van der Waals surface area contributed by atoms with E-state index in [1.54, 1.807) is 0 Å². The standard InChI is InChI=1S/C14H14N2O2S/c1-8-10(7-15)13(11-5-4-6-19-11)12(9(2)16-8)14(17)18-3/h4-6,13,16H,1-3H3/t13-/m1/s1. The van der Waals surface area contributed by atoms with Gasteiger partial charge in [-0.3, -0.25) is 0 Å². The van der Waals surface area contributed by atoms with E-state index >= 15 is 0 Å². The summed E-state index contributed by atoms with van der Waals surface area (Å²) in [5.41, 5.74) is 2.59. The monoisotopic (exact) mass is 274 g/mol. The third-order valence-corrected chi connectivity index (χ3v) is 4.05. The molecule has 0 aliphatic carbocycles. The van der Waals surface area contributed by atoms with Gasteiger partial charge in [0.2, 0.25) is 0 Å². The topological polar surface area (TPSA) is 62.1 Å². The van der Waals surface area contributed by atoms with Crippen molar-refractivity contribution in [2.45, 2.75) is 19.8 Å². The molecule has 1 aliphatic heterocycles. The number of dihydropyridines is 1. The van der Waals surface area contributed by atoms with Gasteiger partial charge in [-0.2, -0.15) is 5.26 Å². The van der Waals surface area contributed by atoms with E-state index in [2.05, 4.69) is 11.4 Å². The molecule has 1 aromatic rings. The highest BCUT2D eigenvalue weighted by atomic mass is 32.1. The molecule has 0 fully saturated rings. The van der Waals surface area contributed by atoms with Crippen LogP contribution in [-0.2, 0) is 9.53 Å². The lowest BCUT2D eigenvalue weighted by Crippen LogP contribution is -2.27. The maximum Gasteiger partial charge on any atom is 0.336 e. The van der Waals surface area contributed by atoms with Gasteiger partial charge in [0.1, 0.15) is 0 Å². The van der Waals surface area contributed by atoms with Crippen LogP contribution in [0.4, 0.5) is 0 Å². The molecule has 0 spiro atoms. The average molecular weight is 274 g/mol. The Morgan fingerprint density at radius 2 is 2.21 bits per heavy atom. The molecule has 1 aromatic heterocycles. The molecule has 0 saturated heterocycles. The summed E-state index contributed by atoms with van der Waals surface area (Å²) in [5.74, 6) is -0.734. The first kappa shape index (κ1) is 13.4. The maximum absolute atomic E-state index is 12.0. The summed E-state index contributed by atoms with van der Waals surface area (Å²) in [6, 6.07) is 6.05. The molecule has 0 amide bonds. The summed E-state index contributed by atoms with van der Waals surface area (Å²) in [6.45, 7) is 3.67. The first-order valence-electron chi connectivity index (χ1n) is 5.80. The molecule has 0 unspecified atom stereocenters. The molecule has 5 heteroatoms. The van der Waals surface area contributed by atoms with Crippen LogP contribution in [0, 0.1) is 11.3 Å². The van der Waals surface area contributed by atoms with E-state index in [0.29, 0.717) is 11.1 Å². The SMILES string of the molecule is COC(=O)C1=C(C)NC(C)=C(C#N)[C@@H]1c1cccs1. The number of hydrogen-bond acceptors (Lipinski definition) is 5. The number of nitriles is 1.